The number of anilines is 2. The molecule has 1 atom stereocenters. The maximum absolute atomic E-state index is 12.5. The highest BCUT2D eigenvalue weighted by Crippen LogP contribution is 2.20. The summed E-state index contributed by atoms with van der Waals surface area (Å²) >= 11 is 0. The fourth-order valence-electron chi connectivity index (χ4n) is 2.97. The van der Waals surface area contributed by atoms with Crippen molar-refractivity contribution in [3.05, 3.63) is 89.0 Å². The molecule has 5 nitrogen and oxygen atoms in total. The van der Waals surface area contributed by atoms with Crippen molar-refractivity contribution in [3.8, 4) is 5.75 Å². The Kier molecular flexibility index (Phi) is 6.52. The van der Waals surface area contributed by atoms with Crippen LogP contribution < -0.4 is 15.4 Å². The minimum Gasteiger partial charge on any atom is -0.481 e. The summed E-state index contributed by atoms with van der Waals surface area (Å²) in [5.41, 5.74) is 5.20. The molecular formula is C25H26N2O3. The van der Waals surface area contributed by atoms with Crippen LogP contribution in [-0.4, -0.2) is 17.9 Å². The summed E-state index contributed by atoms with van der Waals surface area (Å²) in [6.45, 7) is 7.61. The van der Waals surface area contributed by atoms with Crippen LogP contribution >= 0.6 is 0 Å². The van der Waals surface area contributed by atoms with E-state index in [1.165, 1.54) is 0 Å². The number of para-hydroxylation sites is 1. The number of ether oxygens (including phenoxy) is 1. The van der Waals surface area contributed by atoms with Crippen LogP contribution in [-0.2, 0) is 4.79 Å². The van der Waals surface area contributed by atoms with Crippen LogP contribution in [0.3, 0.4) is 0 Å². The highest BCUT2D eigenvalue weighted by molar-refractivity contribution is 6.04. The van der Waals surface area contributed by atoms with Gasteiger partial charge in [-0.25, -0.2) is 0 Å². The molecule has 154 valence electrons. The molecule has 0 saturated heterocycles. The molecule has 3 rings (SSSR count). The summed E-state index contributed by atoms with van der Waals surface area (Å²) in [5, 5.41) is 5.80. The van der Waals surface area contributed by atoms with E-state index in [0.717, 1.165) is 28.1 Å². The van der Waals surface area contributed by atoms with Crippen molar-refractivity contribution in [2.24, 2.45) is 0 Å². The second-order valence-corrected chi connectivity index (χ2v) is 7.29. The molecule has 2 amide bonds. The van der Waals surface area contributed by atoms with E-state index in [1.807, 2.05) is 63.2 Å². The third kappa shape index (κ3) is 5.06. The third-order valence-electron chi connectivity index (χ3n) is 5.05. The zero-order chi connectivity index (χ0) is 21.7. The lowest BCUT2D eigenvalue weighted by molar-refractivity contribution is -0.122. The maximum atomic E-state index is 12.5. The van der Waals surface area contributed by atoms with Gasteiger partial charge in [0.2, 0.25) is 0 Å². The largest absolute Gasteiger partial charge is 0.481 e. The fourth-order valence-corrected chi connectivity index (χ4v) is 2.97. The van der Waals surface area contributed by atoms with Gasteiger partial charge in [-0.1, -0.05) is 30.3 Å². The van der Waals surface area contributed by atoms with Gasteiger partial charge in [0.15, 0.2) is 6.10 Å². The van der Waals surface area contributed by atoms with Crippen molar-refractivity contribution in [2.75, 3.05) is 10.6 Å². The van der Waals surface area contributed by atoms with Gasteiger partial charge >= 0.3 is 0 Å². The van der Waals surface area contributed by atoms with Gasteiger partial charge in [0.05, 0.1) is 0 Å². The van der Waals surface area contributed by atoms with Gasteiger partial charge in [-0.2, -0.15) is 0 Å². The van der Waals surface area contributed by atoms with E-state index in [2.05, 4.69) is 10.6 Å². The molecule has 0 spiro atoms. The SMILES string of the molecule is Cc1ccccc1NC(=O)c1ccc(O[C@H](C)C(=O)Nc2cccc(C)c2C)cc1. The number of rotatable bonds is 6. The van der Waals surface area contributed by atoms with Crippen LogP contribution in [0.2, 0.25) is 0 Å². The number of carbonyl (C=O) groups is 2. The van der Waals surface area contributed by atoms with Gasteiger partial charge in [-0.05, 0) is 80.8 Å². The van der Waals surface area contributed by atoms with Crippen LogP contribution in [0.1, 0.15) is 34.0 Å². The van der Waals surface area contributed by atoms with Crippen LogP contribution in [0.25, 0.3) is 0 Å². The molecule has 5 heteroatoms. The first-order valence-electron chi connectivity index (χ1n) is 9.86. The lowest BCUT2D eigenvalue weighted by Crippen LogP contribution is -2.30. The first-order chi connectivity index (χ1) is 14.3. The van der Waals surface area contributed by atoms with Gasteiger partial charge in [0.1, 0.15) is 5.75 Å². The van der Waals surface area contributed by atoms with E-state index in [4.69, 9.17) is 4.74 Å². The number of nitrogens with one attached hydrogen (secondary N) is 2. The number of aryl methyl sites for hydroxylation is 2. The maximum Gasteiger partial charge on any atom is 0.265 e. The Hall–Kier alpha value is -3.60. The number of carbonyl (C=O) groups excluding carboxylic acids is 2. The highest BCUT2D eigenvalue weighted by atomic mass is 16.5. The predicted octanol–water partition coefficient (Wildman–Crippen LogP) is 5.27. The second kappa shape index (κ2) is 9.27. The molecule has 0 saturated carbocycles. The van der Waals surface area contributed by atoms with Crippen molar-refractivity contribution in [2.45, 2.75) is 33.8 Å². The Morgan fingerprint density at radius 3 is 2.10 bits per heavy atom. The molecule has 0 aliphatic rings. The number of amides is 2. The van der Waals surface area contributed by atoms with Crippen LogP contribution in [0.4, 0.5) is 11.4 Å². The smallest absolute Gasteiger partial charge is 0.265 e. The molecule has 0 aliphatic carbocycles. The Labute approximate surface area is 177 Å². The molecule has 2 N–H and O–H groups in total. The van der Waals surface area contributed by atoms with E-state index in [0.29, 0.717) is 11.3 Å². The lowest BCUT2D eigenvalue weighted by Gasteiger charge is -2.16. The van der Waals surface area contributed by atoms with E-state index >= 15 is 0 Å². The van der Waals surface area contributed by atoms with Crippen molar-refractivity contribution < 1.29 is 14.3 Å². The van der Waals surface area contributed by atoms with Crippen LogP contribution in [0, 0.1) is 20.8 Å². The molecule has 3 aromatic carbocycles. The standard InChI is InChI=1S/C25H26N2O3/c1-16-9-7-11-23(18(16)3)27-24(28)19(4)30-21-14-12-20(13-15-21)25(29)26-22-10-6-5-8-17(22)2/h5-15,19H,1-4H3,(H,26,29)(H,27,28)/t19-/m1/s1. The zero-order valence-electron chi connectivity index (χ0n) is 17.7. The molecular weight excluding hydrogens is 376 g/mol. The molecule has 0 heterocycles. The number of benzene rings is 3. The topological polar surface area (TPSA) is 67.4 Å². The van der Waals surface area contributed by atoms with E-state index in [9.17, 15) is 9.59 Å². The van der Waals surface area contributed by atoms with Crippen LogP contribution in [0.5, 0.6) is 5.75 Å². The Morgan fingerprint density at radius 1 is 0.767 bits per heavy atom. The van der Waals surface area contributed by atoms with Crippen molar-refractivity contribution in [3.63, 3.8) is 0 Å². The monoisotopic (exact) mass is 402 g/mol. The third-order valence-corrected chi connectivity index (χ3v) is 5.05. The summed E-state index contributed by atoms with van der Waals surface area (Å²) < 4.78 is 5.75. The second-order valence-electron chi connectivity index (χ2n) is 7.29. The predicted molar refractivity (Wildman–Crippen MR) is 120 cm³/mol. The first-order valence-corrected chi connectivity index (χ1v) is 9.86. The molecule has 0 aliphatic heterocycles. The molecule has 0 bridgehead atoms. The summed E-state index contributed by atoms with van der Waals surface area (Å²) in [4.78, 5) is 24.9. The van der Waals surface area contributed by atoms with Gasteiger partial charge in [0, 0.05) is 16.9 Å². The van der Waals surface area contributed by atoms with Gasteiger partial charge in [-0.15, -0.1) is 0 Å². The zero-order valence-corrected chi connectivity index (χ0v) is 17.7. The highest BCUT2D eigenvalue weighted by Gasteiger charge is 2.16. The average Bonchev–Trinajstić information content (AvgIpc) is 2.73. The van der Waals surface area contributed by atoms with Crippen molar-refractivity contribution in [1.82, 2.24) is 0 Å². The van der Waals surface area contributed by atoms with Crippen molar-refractivity contribution in [1.29, 1.82) is 0 Å². The minimum atomic E-state index is -0.684. The average molecular weight is 402 g/mol. The number of hydrogen-bond acceptors (Lipinski definition) is 3. The summed E-state index contributed by atoms with van der Waals surface area (Å²) in [6, 6.07) is 20.1. The molecule has 30 heavy (non-hydrogen) atoms. The first kappa shape index (κ1) is 21.1. The lowest BCUT2D eigenvalue weighted by atomic mass is 10.1. The minimum absolute atomic E-state index is 0.198. The van der Waals surface area contributed by atoms with Gasteiger partial charge in [-0.3, -0.25) is 9.59 Å². The summed E-state index contributed by atoms with van der Waals surface area (Å²) in [5.74, 6) is 0.0905. The van der Waals surface area contributed by atoms with Crippen LogP contribution in [0.15, 0.2) is 66.7 Å². The molecule has 3 aromatic rings. The van der Waals surface area contributed by atoms with E-state index < -0.39 is 6.10 Å². The van der Waals surface area contributed by atoms with Gasteiger partial charge < -0.3 is 15.4 Å². The molecule has 0 fully saturated rings. The summed E-state index contributed by atoms with van der Waals surface area (Å²) in [7, 11) is 0. The van der Waals surface area contributed by atoms with E-state index in [1.54, 1.807) is 31.2 Å². The van der Waals surface area contributed by atoms with Crippen molar-refractivity contribution >= 4 is 23.2 Å². The Morgan fingerprint density at radius 2 is 1.40 bits per heavy atom. The summed E-state index contributed by atoms with van der Waals surface area (Å²) in [6.07, 6.45) is -0.684. The molecule has 0 radical (unpaired) electrons. The van der Waals surface area contributed by atoms with Gasteiger partial charge in [0.25, 0.3) is 11.8 Å². The Bertz CT molecular complexity index is 1060. The Balaban J connectivity index is 1.60. The molecule has 0 unspecified atom stereocenters. The quantitative estimate of drug-likeness (QED) is 0.590. The van der Waals surface area contributed by atoms with E-state index in [-0.39, 0.29) is 11.8 Å². The normalized spacial score (nSPS) is 11.5. The fraction of sp³-hybridized carbons (Fsp3) is 0.200. The number of hydrogen-bond donors (Lipinski definition) is 2. The molecule has 0 aromatic heterocycles.